The summed E-state index contributed by atoms with van der Waals surface area (Å²) in [6.45, 7) is 7.56. The number of anilines is 1. The summed E-state index contributed by atoms with van der Waals surface area (Å²) in [7, 11) is 2.78. The number of halogens is 4. The Kier molecular flexibility index (Phi) is 11.3. The fourth-order valence-corrected chi connectivity index (χ4v) is 6.81. The summed E-state index contributed by atoms with van der Waals surface area (Å²) in [6.07, 6.45) is -1.87. The second-order valence-electron chi connectivity index (χ2n) is 14.4. The molecule has 4 aromatic rings. The van der Waals surface area contributed by atoms with E-state index in [1.54, 1.807) is 47.6 Å². The number of rotatable bonds is 7. The number of nitrogens with zero attached hydrogens (tertiary/aromatic N) is 8. The van der Waals surface area contributed by atoms with E-state index in [-0.39, 0.29) is 68.9 Å². The van der Waals surface area contributed by atoms with Gasteiger partial charge in [-0.25, -0.2) is 14.5 Å². The van der Waals surface area contributed by atoms with Crippen LogP contribution in [0.3, 0.4) is 0 Å². The molecule has 0 atom stereocenters. The normalized spacial score (nSPS) is 15.5. The predicted molar refractivity (Wildman–Crippen MR) is 198 cm³/mol. The molecule has 2 aliphatic heterocycles. The number of pyridine rings is 1. The number of hydrogen-bond donors (Lipinski definition) is 1. The lowest BCUT2D eigenvalue weighted by atomic mass is 9.95. The Morgan fingerprint density at radius 2 is 1.61 bits per heavy atom. The van der Waals surface area contributed by atoms with Gasteiger partial charge in [-0.1, -0.05) is 17.7 Å². The number of methoxy groups -OCH3 is 1. The maximum absolute atomic E-state index is 14.1. The average molecular weight is 800 g/mol. The third kappa shape index (κ3) is 8.74. The van der Waals surface area contributed by atoms with Gasteiger partial charge in [0.05, 0.1) is 35.2 Å². The minimum atomic E-state index is -4.84. The Balaban J connectivity index is 1.06. The van der Waals surface area contributed by atoms with Crippen LogP contribution in [0.2, 0.25) is 5.02 Å². The Hall–Kier alpha value is -5.65. The van der Waals surface area contributed by atoms with Crippen LogP contribution in [0.1, 0.15) is 60.3 Å². The minimum absolute atomic E-state index is 0.000269. The van der Waals surface area contributed by atoms with Crippen molar-refractivity contribution in [3.63, 3.8) is 0 Å². The van der Waals surface area contributed by atoms with Gasteiger partial charge in [-0.3, -0.25) is 14.4 Å². The van der Waals surface area contributed by atoms with Gasteiger partial charge in [0.1, 0.15) is 5.60 Å². The highest BCUT2D eigenvalue weighted by Crippen LogP contribution is 2.37. The number of aromatic nitrogens is 5. The van der Waals surface area contributed by atoms with Crippen molar-refractivity contribution in [3.05, 3.63) is 70.9 Å². The summed E-state index contributed by atoms with van der Waals surface area (Å²) in [4.78, 5) is 65.6. The summed E-state index contributed by atoms with van der Waals surface area (Å²) in [5.41, 5.74) is -1.73. The summed E-state index contributed by atoms with van der Waals surface area (Å²) >= 11 is 6.52. The van der Waals surface area contributed by atoms with Crippen LogP contribution < -0.4 is 10.1 Å². The number of amides is 4. The third-order valence-corrected chi connectivity index (χ3v) is 9.75. The van der Waals surface area contributed by atoms with E-state index in [4.69, 9.17) is 21.1 Å². The van der Waals surface area contributed by atoms with Gasteiger partial charge in [-0.2, -0.15) is 23.3 Å². The van der Waals surface area contributed by atoms with Gasteiger partial charge in [0, 0.05) is 70.2 Å². The number of benzene rings is 1. The smallest absolute Gasteiger partial charge is 0.435 e. The number of imidazole rings is 1. The standard InChI is InChI=1S/C37H41ClF3N9O6/c1-36(2,3)56-35(54)49-13-11-22(12-14-49)33(52)47-15-17-48(18-16-47)34(53)24-10-9-23(19-26(24)38)43-32(51)31-42-20-27(46(31)4)25-21-50(45-30(25)37(39,40)41)28-7-6-8-29(44-28)55-5/h6-10,19-22H,11-18H2,1-5H3,(H,43,51). The second-order valence-corrected chi connectivity index (χ2v) is 14.8. The lowest BCUT2D eigenvalue weighted by Crippen LogP contribution is -2.53. The highest BCUT2D eigenvalue weighted by molar-refractivity contribution is 6.34. The fourth-order valence-electron chi connectivity index (χ4n) is 6.55. The zero-order valence-corrected chi connectivity index (χ0v) is 32.1. The molecule has 3 aromatic heterocycles. The number of piperidine rings is 1. The Morgan fingerprint density at radius 3 is 2.23 bits per heavy atom. The molecule has 56 heavy (non-hydrogen) atoms. The molecule has 0 radical (unpaired) electrons. The lowest BCUT2D eigenvalue weighted by molar-refractivity contribution is -0.141. The van der Waals surface area contributed by atoms with Crippen molar-refractivity contribution in [2.24, 2.45) is 13.0 Å². The van der Waals surface area contributed by atoms with Crippen LogP contribution in [0.4, 0.5) is 23.7 Å². The molecule has 15 nitrogen and oxygen atoms in total. The van der Waals surface area contributed by atoms with Crippen molar-refractivity contribution in [3.8, 4) is 23.0 Å². The first-order chi connectivity index (χ1) is 26.4. The average Bonchev–Trinajstić information content (AvgIpc) is 3.78. The summed E-state index contributed by atoms with van der Waals surface area (Å²) in [6, 6.07) is 8.92. The first-order valence-electron chi connectivity index (χ1n) is 17.8. The molecule has 298 valence electrons. The van der Waals surface area contributed by atoms with E-state index in [2.05, 4.69) is 20.4 Å². The van der Waals surface area contributed by atoms with E-state index in [0.717, 1.165) is 17.1 Å². The maximum atomic E-state index is 14.1. The van der Waals surface area contributed by atoms with Crippen LogP contribution in [0.5, 0.6) is 5.88 Å². The molecule has 0 saturated carbocycles. The SMILES string of the molecule is COc1cccc(-n2cc(-c3cnc(C(=O)Nc4ccc(C(=O)N5CCN(C(=O)C6CCN(C(=O)OC(C)(C)C)CC6)CC5)c(Cl)c4)n3C)c(C(F)(F)F)n2)n1. The number of likely N-dealkylation sites (tertiary alicyclic amines) is 1. The number of nitrogens with one attached hydrogen (secondary N) is 1. The Morgan fingerprint density at radius 1 is 0.929 bits per heavy atom. The van der Waals surface area contributed by atoms with E-state index in [9.17, 15) is 32.3 Å². The van der Waals surface area contributed by atoms with Crippen LogP contribution in [0.25, 0.3) is 17.1 Å². The first kappa shape index (κ1) is 40.0. The molecule has 0 unspecified atom stereocenters. The van der Waals surface area contributed by atoms with Crippen molar-refractivity contribution in [1.29, 1.82) is 0 Å². The van der Waals surface area contributed by atoms with E-state index < -0.39 is 23.4 Å². The summed E-state index contributed by atoms with van der Waals surface area (Å²) in [5, 5.41) is 6.44. The van der Waals surface area contributed by atoms with Gasteiger partial charge in [0.25, 0.3) is 11.8 Å². The largest absolute Gasteiger partial charge is 0.481 e. The number of alkyl halides is 3. The zero-order valence-electron chi connectivity index (χ0n) is 31.4. The van der Waals surface area contributed by atoms with Gasteiger partial charge >= 0.3 is 12.3 Å². The number of hydrogen-bond acceptors (Lipinski definition) is 9. The molecule has 0 aliphatic carbocycles. The number of piperazine rings is 1. The summed E-state index contributed by atoms with van der Waals surface area (Å²) < 4.78 is 55.1. The topological polar surface area (TPSA) is 157 Å². The molecule has 0 bridgehead atoms. The van der Waals surface area contributed by atoms with E-state index >= 15 is 0 Å². The third-order valence-electron chi connectivity index (χ3n) is 9.43. The zero-order chi connectivity index (χ0) is 40.5. The van der Waals surface area contributed by atoms with Gasteiger partial charge < -0.3 is 34.1 Å². The number of ether oxygens (including phenoxy) is 2. The predicted octanol–water partition coefficient (Wildman–Crippen LogP) is 5.53. The lowest BCUT2D eigenvalue weighted by Gasteiger charge is -2.38. The van der Waals surface area contributed by atoms with E-state index in [1.807, 2.05) is 0 Å². The van der Waals surface area contributed by atoms with Crippen LogP contribution in [-0.4, -0.2) is 115 Å². The van der Waals surface area contributed by atoms with Crippen LogP contribution >= 0.6 is 11.6 Å². The van der Waals surface area contributed by atoms with Gasteiger partial charge in [0.15, 0.2) is 17.3 Å². The molecule has 2 saturated heterocycles. The van der Waals surface area contributed by atoms with Gasteiger partial charge in [-0.05, 0) is 57.9 Å². The Labute approximate surface area is 325 Å². The monoisotopic (exact) mass is 799 g/mol. The molecule has 0 spiro atoms. The van der Waals surface area contributed by atoms with E-state index in [1.165, 1.54) is 43.0 Å². The molecule has 2 aliphatic rings. The number of carbonyl (C=O) groups is 4. The first-order valence-corrected chi connectivity index (χ1v) is 18.2. The second kappa shape index (κ2) is 15.8. The highest BCUT2D eigenvalue weighted by Gasteiger charge is 2.39. The quantitative estimate of drug-likeness (QED) is 0.254. The van der Waals surface area contributed by atoms with Crippen LogP contribution in [0.15, 0.2) is 48.8 Å². The highest BCUT2D eigenvalue weighted by atomic mass is 35.5. The van der Waals surface area contributed by atoms with Gasteiger partial charge in [0.2, 0.25) is 11.8 Å². The molecule has 1 N–H and O–H groups in total. The van der Waals surface area contributed by atoms with Crippen molar-refractivity contribution in [2.75, 3.05) is 51.7 Å². The maximum Gasteiger partial charge on any atom is 0.435 e. The van der Waals surface area contributed by atoms with Crippen molar-refractivity contribution in [2.45, 2.75) is 45.4 Å². The molecule has 5 heterocycles. The Bertz CT molecular complexity index is 2130. The molecular weight excluding hydrogens is 759 g/mol. The van der Waals surface area contributed by atoms with Crippen LogP contribution in [0, 0.1) is 5.92 Å². The van der Waals surface area contributed by atoms with E-state index in [0.29, 0.717) is 52.1 Å². The van der Waals surface area contributed by atoms with Crippen molar-refractivity contribution < 1.29 is 41.8 Å². The number of carbonyl (C=O) groups excluding carboxylic acids is 4. The van der Waals surface area contributed by atoms with Crippen LogP contribution in [-0.2, 0) is 22.8 Å². The van der Waals surface area contributed by atoms with Crippen molar-refractivity contribution in [1.82, 2.24) is 39.0 Å². The minimum Gasteiger partial charge on any atom is -0.481 e. The van der Waals surface area contributed by atoms with Crippen molar-refractivity contribution >= 4 is 41.1 Å². The molecule has 2 fully saturated rings. The molecular formula is C37H41ClF3N9O6. The fraction of sp³-hybridized carbons (Fsp3) is 0.432. The molecule has 4 amide bonds. The molecule has 6 rings (SSSR count). The van der Waals surface area contributed by atoms with Gasteiger partial charge in [-0.15, -0.1) is 0 Å². The molecule has 1 aromatic carbocycles. The molecule has 19 heteroatoms. The summed E-state index contributed by atoms with van der Waals surface area (Å²) in [5.74, 6) is -1.22.